The largest absolute Gasteiger partial charge is 0.507 e. The molecule has 0 bridgehead atoms. The van der Waals surface area contributed by atoms with Gasteiger partial charge < -0.3 is 9.63 Å². The highest BCUT2D eigenvalue weighted by Crippen LogP contribution is 2.31. The van der Waals surface area contributed by atoms with Crippen LogP contribution >= 0.6 is 11.6 Å². The Labute approximate surface area is 120 Å². The van der Waals surface area contributed by atoms with Crippen molar-refractivity contribution in [2.45, 2.75) is 6.92 Å². The highest BCUT2D eigenvalue weighted by atomic mass is 35.5. The molecule has 0 radical (unpaired) electrons. The SMILES string of the molecule is Cc1ccc(-c2noc(-c3ccc(Cl)cc3O)n2)cc1. The van der Waals surface area contributed by atoms with Gasteiger partial charge in [-0.1, -0.05) is 46.6 Å². The lowest BCUT2D eigenvalue weighted by molar-refractivity contribution is 0.426. The number of aryl methyl sites for hydroxylation is 1. The van der Waals surface area contributed by atoms with Crippen LogP contribution in [0.15, 0.2) is 47.0 Å². The smallest absolute Gasteiger partial charge is 0.261 e. The van der Waals surface area contributed by atoms with E-state index < -0.39 is 0 Å². The second-order valence-electron chi connectivity index (χ2n) is 4.45. The average molecular weight is 287 g/mol. The number of aromatic nitrogens is 2. The molecule has 20 heavy (non-hydrogen) atoms. The quantitative estimate of drug-likeness (QED) is 0.771. The number of phenolic OH excluding ortho intramolecular Hbond substituents is 1. The molecule has 1 heterocycles. The number of nitrogens with zero attached hydrogens (tertiary/aromatic N) is 2. The zero-order valence-corrected chi connectivity index (χ0v) is 11.4. The summed E-state index contributed by atoms with van der Waals surface area (Å²) in [6.07, 6.45) is 0. The van der Waals surface area contributed by atoms with E-state index >= 15 is 0 Å². The molecule has 100 valence electrons. The van der Waals surface area contributed by atoms with E-state index in [2.05, 4.69) is 10.1 Å². The van der Waals surface area contributed by atoms with E-state index in [0.717, 1.165) is 11.1 Å². The van der Waals surface area contributed by atoms with E-state index in [9.17, 15) is 5.11 Å². The molecule has 0 amide bonds. The Balaban J connectivity index is 1.99. The molecule has 4 nitrogen and oxygen atoms in total. The lowest BCUT2D eigenvalue weighted by atomic mass is 10.1. The molecule has 3 rings (SSSR count). The molecule has 1 aromatic heterocycles. The highest BCUT2D eigenvalue weighted by Gasteiger charge is 2.14. The minimum Gasteiger partial charge on any atom is -0.507 e. The van der Waals surface area contributed by atoms with Crippen molar-refractivity contribution in [2.75, 3.05) is 0 Å². The summed E-state index contributed by atoms with van der Waals surface area (Å²) in [5.41, 5.74) is 2.48. The molecule has 0 unspecified atom stereocenters. The predicted molar refractivity (Wildman–Crippen MR) is 76.6 cm³/mol. The summed E-state index contributed by atoms with van der Waals surface area (Å²) in [7, 11) is 0. The molecule has 0 aliphatic heterocycles. The van der Waals surface area contributed by atoms with Crippen molar-refractivity contribution in [2.24, 2.45) is 0 Å². The van der Waals surface area contributed by atoms with E-state index in [1.807, 2.05) is 31.2 Å². The van der Waals surface area contributed by atoms with Crippen LogP contribution < -0.4 is 0 Å². The molecule has 0 atom stereocenters. The molecule has 5 heteroatoms. The summed E-state index contributed by atoms with van der Waals surface area (Å²) >= 11 is 5.79. The number of hydrogen-bond acceptors (Lipinski definition) is 4. The third kappa shape index (κ3) is 2.38. The number of rotatable bonds is 2. The van der Waals surface area contributed by atoms with Crippen LogP contribution in [0.1, 0.15) is 5.56 Å². The number of halogens is 1. The summed E-state index contributed by atoms with van der Waals surface area (Å²) in [6, 6.07) is 12.5. The first-order valence-corrected chi connectivity index (χ1v) is 6.41. The molecule has 0 aliphatic rings. The van der Waals surface area contributed by atoms with Gasteiger partial charge in [-0.3, -0.25) is 0 Å². The molecule has 2 aromatic carbocycles. The molecule has 0 aliphatic carbocycles. The molecule has 0 fully saturated rings. The molecule has 1 N–H and O–H groups in total. The van der Waals surface area contributed by atoms with Crippen molar-refractivity contribution >= 4 is 11.6 Å². The van der Waals surface area contributed by atoms with Gasteiger partial charge in [0, 0.05) is 10.6 Å². The minimum atomic E-state index is 0.0107. The van der Waals surface area contributed by atoms with Crippen LogP contribution in [0.3, 0.4) is 0 Å². The Bertz CT molecular complexity index is 751. The monoisotopic (exact) mass is 286 g/mol. The van der Waals surface area contributed by atoms with Gasteiger partial charge in [0.25, 0.3) is 5.89 Å². The van der Waals surface area contributed by atoms with Gasteiger partial charge in [0.2, 0.25) is 5.82 Å². The second-order valence-corrected chi connectivity index (χ2v) is 4.89. The van der Waals surface area contributed by atoms with Crippen molar-refractivity contribution in [1.82, 2.24) is 10.1 Å². The van der Waals surface area contributed by atoms with Crippen LogP contribution in [-0.2, 0) is 0 Å². The topological polar surface area (TPSA) is 59.2 Å². The van der Waals surface area contributed by atoms with Crippen molar-refractivity contribution in [3.63, 3.8) is 0 Å². The van der Waals surface area contributed by atoms with Gasteiger partial charge in [-0.15, -0.1) is 0 Å². The minimum absolute atomic E-state index is 0.0107. The lowest BCUT2D eigenvalue weighted by Crippen LogP contribution is -1.82. The number of phenols is 1. The van der Waals surface area contributed by atoms with E-state index in [0.29, 0.717) is 16.4 Å². The molecular weight excluding hydrogens is 276 g/mol. The molecule has 0 saturated heterocycles. The van der Waals surface area contributed by atoms with E-state index in [-0.39, 0.29) is 11.6 Å². The van der Waals surface area contributed by atoms with Crippen LogP contribution in [0.25, 0.3) is 22.8 Å². The number of hydrogen-bond donors (Lipinski definition) is 1. The van der Waals surface area contributed by atoms with Gasteiger partial charge >= 0.3 is 0 Å². The van der Waals surface area contributed by atoms with E-state index in [1.165, 1.54) is 6.07 Å². The van der Waals surface area contributed by atoms with Crippen LogP contribution in [0.2, 0.25) is 5.02 Å². The fraction of sp³-hybridized carbons (Fsp3) is 0.0667. The van der Waals surface area contributed by atoms with Gasteiger partial charge in [-0.25, -0.2) is 0 Å². The summed E-state index contributed by atoms with van der Waals surface area (Å²) in [5, 5.41) is 14.2. The van der Waals surface area contributed by atoms with Crippen molar-refractivity contribution in [1.29, 1.82) is 0 Å². The third-order valence-corrected chi connectivity index (χ3v) is 3.16. The maximum Gasteiger partial charge on any atom is 0.261 e. The first-order valence-electron chi connectivity index (χ1n) is 6.03. The Morgan fingerprint density at radius 3 is 2.55 bits per heavy atom. The molecular formula is C15H11ClN2O2. The van der Waals surface area contributed by atoms with Crippen molar-refractivity contribution < 1.29 is 9.63 Å². The normalized spacial score (nSPS) is 10.7. The fourth-order valence-electron chi connectivity index (χ4n) is 1.84. The zero-order valence-electron chi connectivity index (χ0n) is 10.7. The van der Waals surface area contributed by atoms with Crippen molar-refractivity contribution in [3.05, 3.63) is 53.1 Å². The predicted octanol–water partition coefficient (Wildman–Crippen LogP) is 4.07. The van der Waals surface area contributed by atoms with Gasteiger partial charge in [0.15, 0.2) is 0 Å². The average Bonchev–Trinajstić information content (AvgIpc) is 2.89. The highest BCUT2D eigenvalue weighted by molar-refractivity contribution is 6.30. The molecule has 3 aromatic rings. The third-order valence-electron chi connectivity index (χ3n) is 2.93. The summed E-state index contributed by atoms with van der Waals surface area (Å²) in [5.74, 6) is 0.751. The first kappa shape index (κ1) is 12.7. The maximum atomic E-state index is 9.85. The van der Waals surface area contributed by atoms with Crippen LogP contribution in [0, 0.1) is 6.92 Å². The Morgan fingerprint density at radius 2 is 1.85 bits per heavy atom. The number of aromatic hydroxyl groups is 1. The second kappa shape index (κ2) is 4.98. The van der Waals surface area contributed by atoms with Gasteiger partial charge in [0.05, 0.1) is 5.56 Å². The van der Waals surface area contributed by atoms with Crippen molar-refractivity contribution in [3.8, 4) is 28.6 Å². The lowest BCUT2D eigenvalue weighted by Gasteiger charge is -1.98. The summed E-state index contributed by atoms with van der Waals surface area (Å²) in [4.78, 5) is 4.29. The molecule has 0 saturated carbocycles. The Kier molecular flexibility index (Phi) is 3.16. The summed E-state index contributed by atoms with van der Waals surface area (Å²) in [6.45, 7) is 2.01. The number of benzene rings is 2. The zero-order chi connectivity index (χ0) is 14.1. The summed E-state index contributed by atoms with van der Waals surface area (Å²) < 4.78 is 5.19. The van der Waals surface area contributed by atoms with Gasteiger partial charge in [0.1, 0.15) is 5.75 Å². The van der Waals surface area contributed by atoms with Gasteiger partial charge in [-0.2, -0.15) is 4.98 Å². The van der Waals surface area contributed by atoms with Gasteiger partial charge in [-0.05, 0) is 25.1 Å². The van der Waals surface area contributed by atoms with Crippen LogP contribution in [0.5, 0.6) is 5.75 Å². The fourth-order valence-corrected chi connectivity index (χ4v) is 2.00. The van der Waals surface area contributed by atoms with E-state index in [4.69, 9.17) is 16.1 Å². The molecule has 0 spiro atoms. The maximum absolute atomic E-state index is 9.85. The first-order chi connectivity index (χ1) is 9.63. The van der Waals surface area contributed by atoms with Crippen LogP contribution in [0.4, 0.5) is 0 Å². The van der Waals surface area contributed by atoms with Crippen LogP contribution in [-0.4, -0.2) is 15.2 Å². The van der Waals surface area contributed by atoms with E-state index in [1.54, 1.807) is 12.1 Å². The Morgan fingerprint density at radius 1 is 1.10 bits per heavy atom. The Hall–Kier alpha value is -2.33. The standard InChI is InChI=1S/C15H11ClN2O2/c1-9-2-4-10(5-3-9)14-17-15(20-18-14)12-7-6-11(16)8-13(12)19/h2-8,19H,1H3.